The number of nitriles is 1. The quantitative estimate of drug-likeness (QED) is 0.480. The fourth-order valence-corrected chi connectivity index (χ4v) is 4.15. The molecule has 0 radical (unpaired) electrons. The average Bonchev–Trinajstić information content (AvgIpc) is 3.34. The van der Waals surface area contributed by atoms with E-state index in [1.165, 1.54) is 23.7 Å². The monoisotopic (exact) mass is 404 g/mol. The van der Waals surface area contributed by atoms with Gasteiger partial charge >= 0.3 is 0 Å². The Morgan fingerprint density at radius 1 is 1.24 bits per heavy atom. The molecule has 9 heteroatoms. The van der Waals surface area contributed by atoms with Crippen LogP contribution in [0.25, 0.3) is 22.4 Å². The molecule has 0 spiro atoms. The van der Waals surface area contributed by atoms with Gasteiger partial charge in [0.05, 0.1) is 24.3 Å². The third-order valence-electron chi connectivity index (χ3n) is 4.80. The lowest BCUT2D eigenvalue weighted by Crippen LogP contribution is -2.07. The van der Waals surface area contributed by atoms with E-state index in [2.05, 4.69) is 20.4 Å². The van der Waals surface area contributed by atoms with Crippen molar-refractivity contribution < 1.29 is 9.13 Å². The molecule has 2 bridgehead atoms. The molecule has 0 aliphatic carbocycles. The second-order valence-electron chi connectivity index (χ2n) is 6.55. The summed E-state index contributed by atoms with van der Waals surface area (Å²) in [5.41, 5.74) is 10.7. The molecule has 2 N–H and O–H groups in total. The van der Waals surface area contributed by atoms with E-state index in [4.69, 9.17) is 10.5 Å². The SMILES string of the molecule is N#Cc1ncn2c1-c1cnc(N)c(c1)OCc1cc(F)ccc1-c1csnc1C2. The second kappa shape index (κ2) is 6.68. The molecule has 4 aromatic rings. The Balaban J connectivity index is 1.77. The Kier molecular flexibility index (Phi) is 4.00. The van der Waals surface area contributed by atoms with E-state index in [1.807, 2.05) is 9.95 Å². The first-order chi connectivity index (χ1) is 14.1. The molecule has 0 unspecified atom stereocenters. The number of aromatic nitrogens is 4. The predicted molar refractivity (Wildman–Crippen MR) is 106 cm³/mol. The summed E-state index contributed by atoms with van der Waals surface area (Å²) >= 11 is 1.32. The van der Waals surface area contributed by atoms with Crippen LogP contribution in [0.4, 0.5) is 10.2 Å². The molecule has 4 heterocycles. The van der Waals surface area contributed by atoms with Gasteiger partial charge in [-0.2, -0.15) is 9.64 Å². The molecule has 5 rings (SSSR count). The predicted octanol–water partition coefficient (Wildman–Crippen LogP) is 3.60. The van der Waals surface area contributed by atoms with Gasteiger partial charge in [0.2, 0.25) is 0 Å². The van der Waals surface area contributed by atoms with Gasteiger partial charge in [0, 0.05) is 28.3 Å². The number of ether oxygens (including phenoxy) is 1. The summed E-state index contributed by atoms with van der Waals surface area (Å²) in [5, 5.41) is 11.4. The van der Waals surface area contributed by atoms with E-state index in [0.717, 1.165) is 16.8 Å². The first kappa shape index (κ1) is 17.3. The van der Waals surface area contributed by atoms with Gasteiger partial charge in [-0.3, -0.25) is 0 Å². The molecule has 0 atom stereocenters. The maximum absolute atomic E-state index is 13.9. The number of fused-ring (bicyclic) bond motifs is 7. The zero-order valence-corrected chi connectivity index (χ0v) is 15.8. The summed E-state index contributed by atoms with van der Waals surface area (Å²) in [7, 11) is 0. The van der Waals surface area contributed by atoms with Gasteiger partial charge in [-0.05, 0) is 35.3 Å². The fourth-order valence-electron chi connectivity index (χ4n) is 3.44. The van der Waals surface area contributed by atoms with Gasteiger partial charge in [-0.15, -0.1) is 0 Å². The van der Waals surface area contributed by atoms with E-state index < -0.39 is 0 Å². The molecule has 29 heavy (non-hydrogen) atoms. The van der Waals surface area contributed by atoms with E-state index in [1.54, 1.807) is 24.7 Å². The highest BCUT2D eigenvalue weighted by Gasteiger charge is 2.20. The van der Waals surface area contributed by atoms with Crippen molar-refractivity contribution in [2.24, 2.45) is 0 Å². The van der Waals surface area contributed by atoms with Crippen LogP contribution in [0, 0.1) is 17.1 Å². The molecule has 3 aromatic heterocycles. The van der Waals surface area contributed by atoms with Crippen LogP contribution in [-0.2, 0) is 13.2 Å². The number of benzene rings is 1. The van der Waals surface area contributed by atoms with Crippen LogP contribution in [0.1, 0.15) is 17.0 Å². The van der Waals surface area contributed by atoms with Gasteiger partial charge in [0.15, 0.2) is 17.3 Å². The average molecular weight is 404 g/mol. The van der Waals surface area contributed by atoms with Crippen LogP contribution in [0.15, 0.2) is 42.2 Å². The summed E-state index contributed by atoms with van der Waals surface area (Å²) in [4.78, 5) is 8.43. The normalized spacial score (nSPS) is 12.4. The van der Waals surface area contributed by atoms with Crippen LogP contribution in [-0.4, -0.2) is 18.9 Å². The van der Waals surface area contributed by atoms with E-state index in [0.29, 0.717) is 29.1 Å². The third-order valence-corrected chi connectivity index (χ3v) is 5.47. The summed E-state index contributed by atoms with van der Waals surface area (Å²) in [6.07, 6.45) is 3.18. The number of anilines is 1. The molecule has 1 aliphatic rings. The molecule has 142 valence electrons. The number of nitrogens with two attached hydrogens (primary N) is 1. The van der Waals surface area contributed by atoms with Crippen molar-refractivity contribution in [2.75, 3.05) is 5.73 Å². The zero-order chi connectivity index (χ0) is 20.0. The fraction of sp³-hybridized carbons (Fsp3) is 0.100. The second-order valence-corrected chi connectivity index (χ2v) is 7.18. The summed E-state index contributed by atoms with van der Waals surface area (Å²) in [6, 6.07) is 8.43. The van der Waals surface area contributed by atoms with Gasteiger partial charge in [-0.1, -0.05) is 6.07 Å². The highest BCUT2D eigenvalue weighted by Crippen LogP contribution is 2.35. The minimum atomic E-state index is -0.348. The Labute approximate surface area is 169 Å². The standard InChI is InChI=1S/C20H13FN6OS/c21-13-1-2-14-12(3-13)8-28-18-4-11(6-24-20(18)23)19-16(5-22)25-10-27(19)7-17-15(14)9-29-26-17/h1-4,6,9-10H,7-8H2,(H2,23,24). The maximum atomic E-state index is 13.9. The van der Waals surface area contributed by atoms with Crippen LogP contribution in [0.3, 0.4) is 0 Å². The van der Waals surface area contributed by atoms with Crippen molar-refractivity contribution in [3.8, 4) is 34.2 Å². The minimum absolute atomic E-state index is 0.113. The van der Waals surface area contributed by atoms with Gasteiger partial charge < -0.3 is 15.0 Å². The topological polar surface area (TPSA) is 103 Å². The van der Waals surface area contributed by atoms with Crippen LogP contribution >= 0.6 is 11.5 Å². The number of nitrogens with zero attached hydrogens (tertiary/aromatic N) is 5. The van der Waals surface area contributed by atoms with E-state index >= 15 is 0 Å². The number of hydrogen-bond acceptors (Lipinski definition) is 7. The van der Waals surface area contributed by atoms with E-state index in [9.17, 15) is 9.65 Å². The number of pyridine rings is 1. The molecular weight excluding hydrogens is 391 g/mol. The van der Waals surface area contributed by atoms with Crippen molar-refractivity contribution in [3.05, 3.63) is 64.9 Å². The number of nitrogen functional groups attached to an aromatic ring is 1. The smallest absolute Gasteiger partial charge is 0.166 e. The lowest BCUT2D eigenvalue weighted by atomic mass is 10.00. The van der Waals surface area contributed by atoms with Crippen LogP contribution < -0.4 is 10.5 Å². The lowest BCUT2D eigenvalue weighted by Gasteiger charge is -2.16. The summed E-state index contributed by atoms with van der Waals surface area (Å²) in [6.45, 7) is 0.516. The molecular formula is C20H13FN6OS. The first-order valence-electron chi connectivity index (χ1n) is 8.70. The van der Waals surface area contributed by atoms with Crippen LogP contribution in [0.2, 0.25) is 0 Å². The molecule has 0 fully saturated rings. The first-order valence-corrected chi connectivity index (χ1v) is 9.53. The van der Waals surface area contributed by atoms with Crippen molar-refractivity contribution in [2.45, 2.75) is 13.2 Å². The Bertz CT molecular complexity index is 1290. The number of halogens is 1. The lowest BCUT2D eigenvalue weighted by molar-refractivity contribution is 0.307. The van der Waals surface area contributed by atoms with Crippen molar-refractivity contribution in [1.29, 1.82) is 5.26 Å². The Morgan fingerprint density at radius 3 is 3.00 bits per heavy atom. The minimum Gasteiger partial charge on any atom is -0.485 e. The largest absolute Gasteiger partial charge is 0.485 e. The maximum Gasteiger partial charge on any atom is 0.166 e. The number of rotatable bonds is 0. The van der Waals surface area contributed by atoms with Gasteiger partial charge in [0.25, 0.3) is 0 Å². The Hall–Kier alpha value is -3.77. The molecule has 1 aliphatic heterocycles. The summed E-state index contributed by atoms with van der Waals surface area (Å²) in [5.74, 6) is 0.226. The highest BCUT2D eigenvalue weighted by molar-refractivity contribution is 7.04. The van der Waals surface area contributed by atoms with Crippen molar-refractivity contribution in [3.63, 3.8) is 0 Å². The van der Waals surface area contributed by atoms with Gasteiger partial charge in [0.1, 0.15) is 18.5 Å². The van der Waals surface area contributed by atoms with Gasteiger partial charge in [-0.25, -0.2) is 14.4 Å². The molecule has 1 aromatic carbocycles. The molecule has 0 saturated carbocycles. The molecule has 7 nitrogen and oxygen atoms in total. The third kappa shape index (κ3) is 2.90. The highest BCUT2D eigenvalue weighted by atomic mass is 32.1. The number of hydrogen-bond donors (Lipinski definition) is 1. The van der Waals surface area contributed by atoms with Crippen molar-refractivity contribution in [1.82, 2.24) is 18.9 Å². The summed E-state index contributed by atoms with van der Waals surface area (Å²) < 4.78 is 26.2. The van der Waals surface area contributed by atoms with E-state index in [-0.39, 0.29) is 23.9 Å². The zero-order valence-electron chi connectivity index (χ0n) is 15.0. The Morgan fingerprint density at radius 2 is 2.14 bits per heavy atom. The molecule has 0 saturated heterocycles. The number of imidazole rings is 1. The van der Waals surface area contributed by atoms with Crippen LogP contribution in [0.5, 0.6) is 5.75 Å². The van der Waals surface area contributed by atoms with Crippen molar-refractivity contribution >= 4 is 17.4 Å². The molecule has 0 amide bonds.